The molecule has 0 saturated heterocycles. The fourth-order valence-electron chi connectivity index (χ4n) is 3.25. The topological polar surface area (TPSA) is 96.0 Å². The molecule has 1 N–H and O–H groups in total. The molecule has 186 valence electrons. The van der Waals surface area contributed by atoms with Gasteiger partial charge in [-0.25, -0.2) is 8.42 Å². The van der Waals surface area contributed by atoms with Gasteiger partial charge in [-0.3, -0.25) is 13.9 Å². The van der Waals surface area contributed by atoms with Crippen molar-refractivity contribution in [1.29, 1.82) is 0 Å². The molecular weight excluding hydrogens is 478 g/mol. The van der Waals surface area contributed by atoms with Crippen molar-refractivity contribution in [2.24, 2.45) is 5.92 Å². The van der Waals surface area contributed by atoms with Gasteiger partial charge in [0, 0.05) is 18.1 Å². The standard InChI is InChI=1S/C24H32ClN3O5S/c1-17(2)14-26-24(30)18(3)27(15-19-10-12-20(25)13-11-19)23(29)16-28(34(5,31)32)21-8-6-7-9-22(21)33-4/h6-13,17-18H,14-16H2,1-5H3,(H,26,30)/t18-/m0/s1. The van der Waals surface area contributed by atoms with Crippen LogP contribution >= 0.6 is 11.6 Å². The quantitative estimate of drug-likeness (QED) is 0.501. The molecule has 0 aliphatic rings. The zero-order valence-corrected chi connectivity index (χ0v) is 21.7. The van der Waals surface area contributed by atoms with Crippen LogP contribution in [-0.2, 0) is 26.2 Å². The van der Waals surface area contributed by atoms with Gasteiger partial charge in [0.05, 0.1) is 19.1 Å². The summed E-state index contributed by atoms with van der Waals surface area (Å²) >= 11 is 5.98. The van der Waals surface area contributed by atoms with E-state index in [9.17, 15) is 18.0 Å². The second-order valence-corrected chi connectivity index (χ2v) is 10.7. The van der Waals surface area contributed by atoms with E-state index in [1.165, 1.54) is 12.0 Å². The highest BCUT2D eigenvalue weighted by atomic mass is 35.5. The Labute approximate surface area is 206 Å². The Balaban J connectivity index is 2.39. The first kappa shape index (κ1) is 27.5. The van der Waals surface area contributed by atoms with Gasteiger partial charge >= 0.3 is 0 Å². The molecule has 0 aliphatic carbocycles. The van der Waals surface area contributed by atoms with E-state index in [-0.39, 0.29) is 24.1 Å². The number of ether oxygens (including phenoxy) is 1. The first-order chi connectivity index (χ1) is 15.9. The molecule has 2 aromatic carbocycles. The Morgan fingerprint density at radius 3 is 2.24 bits per heavy atom. The summed E-state index contributed by atoms with van der Waals surface area (Å²) in [6.07, 6.45) is 1.02. The van der Waals surface area contributed by atoms with Gasteiger partial charge in [-0.15, -0.1) is 0 Å². The van der Waals surface area contributed by atoms with Gasteiger partial charge in [0.2, 0.25) is 21.8 Å². The van der Waals surface area contributed by atoms with Crippen molar-refractivity contribution in [2.45, 2.75) is 33.4 Å². The van der Waals surface area contributed by atoms with Crippen molar-refractivity contribution in [3.8, 4) is 5.75 Å². The van der Waals surface area contributed by atoms with E-state index in [1.807, 2.05) is 13.8 Å². The monoisotopic (exact) mass is 509 g/mol. The second-order valence-electron chi connectivity index (χ2n) is 8.40. The highest BCUT2D eigenvalue weighted by Crippen LogP contribution is 2.29. The van der Waals surface area contributed by atoms with Gasteiger partial charge < -0.3 is 15.0 Å². The molecule has 0 radical (unpaired) electrons. The summed E-state index contributed by atoms with van der Waals surface area (Å²) in [4.78, 5) is 27.7. The minimum absolute atomic E-state index is 0.107. The fourth-order valence-corrected chi connectivity index (χ4v) is 4.23. The van der Waals surface area contributed by atoms with Crippen LogP contribution in [0.1, 0.15) is 26.3 Å². The minimum Gasteiger partial charge on any atom is -0.495 e. The highest BCUT2D eigenvalue weighted by molar-refractivity contribution is 7.92. The van der Waals surface area contributed by atoms with Crippen LogP contribution in [-0.4, -0.2) is 57.6 Å². The van der Waals surface area contributed by atoms with Crippen LogP contribution in [0.15, 0.2) is 48.5 Å². The van der Waals surface area contributed by atoms with Crippen LogP contribution in [0.3, 0.4) is 0 Å². The number of benzene rings is 2. The molecule has 1 atom stereocenters. The van der Waals surface area contributed by atoms with E-state index in [1.54, 1.807) is 55.5 Å². The molecule has 0 aliphatic heterocycles. The summed E-state index contributed by atoms with van der Waals surface area (Å²) in [5.74, 6) is -0.298. The van der Waals surface area contributed by atoms with E-state index in [2.05, 4.69) is 5.32 Å². The Hall–Kier alpha value is -2.78. The van der Waals surface area contributed by atoms with Crippen molar-refractivity contribution >= 4 is 39.1 Å². The predicted molar refractivity (Wildman–Crippen MR) is 134 cm³/mol. The zero-order chi connectivity index (χ0) is 25.5. The number of amides is 2. The zero-order valence-electron chi connectivity index (χ0n) is 20.1. The van der Waals surface area contributed by atoms with Crippen molar-refractivity contribution < 1.29 is 22.7 Å². The number of carbonyl (C=O) groups is 2. The lowest BCUT2D eigenvalue weighted by Gasteiger charge is -2.32. The van der Waals surface area contributed by atoms with Crippen LogP contribution in [0.5, 0.6) is 5.75 Å². The summed E-state index contributed by atoms with van der Waals surface area (Å²) in [6.45, 7) is 5.64. The molecule has 0 spiro atoms. The van der Waals surface area contributed by atoms with Gasteiger partial charge in [0.25, 0.3) is 0 Å². The van der Waals surface area contributed by atoms with Crippen LogP contribution in [0.2, 0.25) is 5.02 Å². The van der Waals surface area contributed by atoms with Gasteiger partial charge in [0.15, 0.2) is 0 Å². The maximum absolute atomic E-state index is 13.5. The molecule has 0 unspecified atom stereocenters. The lowest BCUT2D eigenvalue weighted by molar-refractivity contribution is -0.139. The van der Waals surface area contributed by atoms with Gasteiger partial charge in [-0.2, -0.15) is 0 Å². The second kappa shape index (κ2) is 12.1. The number of anilines is 1. The van der Waals surface area contributed by atoms with Crippen molar-refractivity contribution in [2.75, 3.05) is 30.8 Å². The first-order valence-electron chi connectivity index (χ1n) is 10.9. The van der Waals surface area contributed by atoms with Crippen molar-refractivity contribution in [3.63, 3.8) is 0 Å². The number of halogens is 1. The first-order valence-corrected chi connectivity index (χ1v) is 13.1. The Morgan fingerprint density at radius 1 is 1.06 bits per heavy atom. The van der Waals surface area contributed by atoms with Crippen molar-refractivity contribution in [1.82, 2.24) is 10.2 Å². The van der Waals surface area contributed by atoms with Gasteiger partial charge in [0.1, 0.15) is 18.3 Å². The number of rotatable bonds is 11. The Bertz CT molecular complexity index is 1090. The molecule has 10 heteroatoms. The van der Waals surface area contributed by atoms with E-state index < -0.39 is 28.5 Å². The number of nitrogens with one attached hydrogen (secondary N) is 1. The van der Waals surface area contributed by atoms with Crippen LogP contribution < -0.4 is 14.4 Å². The number of methoxy groups -OCH3 is 1. The predicted octanol–water partition coefficient (Wildman–Crippen LogP) is 3.30. The number of nitrogens with zero attached hydrogens (tertiary/aromatic N) is 2. The Kier molecular flexibility index (Phi) is 9.76. The smallest absolute Gasteiger partial charge is 0.244 e. The van der Waals surface area contributed by atoms with Crippen LogP contribution in [0, 0.1) is 5.92 Å². The highest BCUT2D eigenvalue weighted by Gasteiger charge is 2.31. The number of hydrogen-bond acceptors (Lipinski definition) is 5. The molecular formula is C24H32ClN3O5S. The lowest BCUT2D eigenvalue weighted by Crippen LogP contribution is -2.51. The molecule has 2 rings (SSSR count). The molecule has 0 fully saturated rings. The average molecular weight is 510 g/mol. The molecule has 0 saturated carbocycles. The molecule has 0 aromatic heterocycles. The number of para-hydroxylation sites is 2. The molecule has 8 nitrogen and oxygen atoms in total. The summed E-state index contributed by atoms with van der Waals surface area (Å²) in [7, 11) is -2.41. The average Bonchev–Trinajstić information content (AvgIpc) is 2.79. The van der Waals surface area contributed by atoms with Gasteiger partial charge in [-0.1, -0.05) is 49.7 Å². The van der Waals surface area contributed by atoms with Gasteiger partial charge in [-0.05, 0) is 42.7 Å². The lowest BCUT2D eigenvalue weighted by atomic mass is 10.1. The van der Waals surface area contributed by atoms with Crippen LogP contribution in [0.25, 0.3) is 0 Å². The number of carbonyl (C=O) groups excluding carboxylic acids is 2. The Morgan fingerprint density at radius 2 is 1.68 bits per heavy atom. The molecule has 34 heavy (non-hydrogen) atoms. The van der Waals surface area contributed by atoms with Crippen molar-refractivity contribution in [3.05, 3.63) is 59.1 Å². The third-order valence-electron chi connectivity index (χ3n) is 5.15. The minimum atomic E-state index is -3.84. The third kappa shape index (κ3) is 7.63. The normalized spacial score (nSPS) is 12.2. The fraction of sp³-hybridized carbons (Fsp3) is 0.417. The molecule has 2 amide bonds. The van der Waals surface area contributed by atoms with Crippen LogP contribution in [0.4, 0.5) is 5.69 Å². The summed E-state index contributed by atoms with van der Waals surface area (Å²) in [5, 5.41) is 3.38. The SMILES string of the molecule is COc1ccccc1N(CC(=O)N(Cc1ccc(Cl)cc1)[C@@H](C)C(=O)NCC(C)C)S(C)(=O)=O. The summed E-state index contributed by atoms with van der Waals surface area (Å²) in [5.41, 5.74) is 0.994. The maximum atomic E-state index is 13.5. The molecule has 2 aromatic rings. The van der Waals surface area contributed by atoms with E-state index in [0.29, 0.717) is 17.3 Å². The maximum Gasteiger partial charge on any atom is 0.244 e. The summed E-state index contributed by atoms with van der Waals surface area (Å²) in [6, 6.07) is 12.6. The van der Waals surface area contributed by atoms with E-state index >= 15 is 0 Å². The number of sulfonamides is 1. The summed E-state index contributed by atoms with van der Waals surface area (Å²) < 4.78 is 31.6. The number of hydrogen-bond donors (Lipinski definition) is 1. The molecule has 0 bridgehead atoms. The van der Waals surface area contributed by atoms with E-state index in [0.717, 1.165) is 16.1 Å². The van der Waals surface area contributed by atoms with E-state index in [4.69, 9.17) is 16.3 Å². The third-order valence-corrected chi connectivity index (χ3v) is 6.53. The largest absolute Gasteiger partial charge is 0.495 e. The molecule has 0 heterocycles.